The highest BCUT2D eigenvalue weighted by atomic mass is 32.2. The van der Waals surface area contributed by atoms with Crippen LogP contribution in [0.25, 0.3) is 0 Å². The molecule has 2 N–H and O–H groups in total. The Balaban J connectivity index is 1.53. The number of nitrogens with zero attached hydrogens (tertiary/aromatic N) is 2. The molecule has 1 aromatic rings. The molecule has 1 spiro atoms. The number of amides is 1. The van der Waals surface area contributed by atoms with E-state index in [1.165, 1.54) is 18.0 Å². The molecule has 0 aromatic carbocycles. The number of piperidine rings is 1. The molecule has 2 saturated heterocycles. The zero-order valence-electron chi connectivity index (χ0n) is 16.4. The van der Waals surface area contributed by atoms with Crippen molar-refractivity contribution in [3.05, 3.63) is 29.1 Å². The fourth-order valence-corrected chi connectivity index (χ4v) is 5.16. The highest BCUT2D eigenvalue weighted by molar-refractivity contribution is 7.98. The topological polar surface area (TPSA) is 57.3 Å². The third kappa shape index (κ3) is 5.06. The van der Waals surface area contributed by atoms with Crippen molar-refractivity contribution in [2.75, 3.05) is 19.6 Å². The summed E-state index contributed by atoms with van der Waals surface area (Å²) in [6.45, 7) is 3.42. The Morgan fingerprint density at radius 1 is 1.28 bits per heavy atom. The molecule has 3 aliphatic rings. The maximum atomic E-state index is 13.2. The largest absolute Gasteiger partial charge is 0.433 e. The number of hydrogen-bond donors (Lipinski definition) is 2. The van der Waals surface area contributed by atoms with Crippen LogP contribution < -0.4 is 10.0 Å². The lowest BCUT2D eigenvalue weighted by molar-refractivity contribution is -0.141. The average Bonchev–Trinajstić information content (AvgIpc) is 3.44. The molecule has 2 aliphatic heterocycles. The van der Waals surface area contributed by atoms with Gasteiger partial charge in [-0.1, -0.05) is 6.07 Å². The molecule has 4 rings (SSSR count). The summed E-state index contributed by atoms with van der Waals surface area (Å²) in [5, 5.41) is 3.83. The number of halogens is 3. The second-order valence-corrected chi connectivity index (χ2v) is 9.43. The molecular weight excluding hydrogens is 401 g/mol. The molecule has 1 aromatic heterocycles. The van der Waals surface area contributed by atoms with E-state index >= 15 is 0 Å². The van der Waals surface area contributed by atoms with Crippen LogP contribution in [0.2, 0.25) is 0 Å². The van der Waals surface area contributed by atoms with Crippen molar-refractivity contribution in [1.82, 2.24) is 19.9 Å². The molecule has 29 heavy (non-hydrogen) atoms. The van der Waals surface area contributed by atoms with Gasteiger partial charge in [-0.05, 0) is 81.7 Å². The first-order chi connectivity index (χ1) is 13.9. The van der Waals surface area contributed by atoms with Crippen molar-refractivity contribution in [3.8, 4) is 0 Å². The van der Waals surface area contributed by atoms with Gasteiger partial charge in [-0.25, -0.2) is 4.98 Å². The Hall–Kier alpha value is -1.32. The van der Waals surface area contributed by atoms with E-state index in [1.807, 2.05) is 0 Å². The first-order valence-electron chi connectivity index (χ1n) is 10.3. The summed E-state index contributed by atoms with van der Waals surface area (Å²) < 4.78 is 42.4. The summed E-state index contributed by atoms with van der Waals surface area (Å²) in [5.74, 6) is -0.284. The van der Waals surface area contributed by atoms with Gasteiger partial charge in [-0.15, -0.1) is 0 Å². The summed E-state index contributed by atoms with van der Waals surface area (Å²) in [5.41, 5.74) is 0.154. The quantitative estimate of drug-likeness (QED) is 0.681. The number of nitrogens with one attached hydrogen (secondary N) is 2. The van der Waals surface area contributed by atoms with Gasteiger partial charge in [0.1, 0.15) is 5.69 Å². The van der Waals surface area contributed by atoms with E-state index in [0.717, 1.165) is 69.8 Å². The number of rotatable bonds is 6. The van der Waals surface area contributed by atoms with Crippen molar-refractivity contribution in [2.24, 2.45) is 0 Å². The van der Waals surface area contributed by atoms with Crippen LogP contribution >= 0.6 is 11.9 Å². The van der Waals surface area contributed by atoms with E-state index in [2.05, 4.69) is 19.9 Å². The molecule has 9 heteroatoms. The highest BCUT2D eigenvalue weighted by Gasteiger charge is 2.42. The van der Waals surface area contributed by atoms with E-state index < -0.39 is 11.9 Å². The standard InChI is InChI=1S/C20H27F3N4OS/c21-20(22,23)17-5-2-14(16(25-17)12-18(28)26-29-15-3-4-15)13-27-11-1-6-19(27)7-9-24-10-8-19/h2,5,15,24H,1,3-4,6-13H2,(H,26,28). The Morgan fingerprint density at radius 2 is 2.03 bits per heavy atom. The van der Waals surface area contributed by atoms with Gasteiger partial charge in [0.05, 0.1) is 12.1 Å². The number of alkyl halides is 3. The summed E-state index contributed by atoms with van der Waals surface area (Å²) in [7, 11) is 0. The first-order valence-corrected chi connectivity index (χ1v) is 11.2. The molecule has 1 saturated carbocycles. The maximum absolute atomic E-state index is 13.2. The molecule has 0 atom stereocenters. The van der Waals surface area contributed by atoms with Crippen molar-refractivity contribution in [3.63, 3.8) is 0 Å². The lowest BCUT2D eigenvalue weighted by Crippen LogP contribution is -2.50. The molecule has 3 fully saturated rings. The summed E-state index contributed by atoms with van der Waals surface area (Å²) >= 11 is 1.37. The summed E-state index contributed by atoms with van der Waals surface area (Å²) in [6.07, 6.45) is 1.83. The van der Waals surface area contributed by atoms with E-state index in [9.17, 15) is 18.0 Å². The second-order valence-electron chi connectivity index (χ2n) is 8.32. The molecule has 0 bridgehead atoms. The second kappa shape index (κ2) is 8.43. The predicted molar refractivity (Wildman–Crippen MR) is 106 cm³/mol. The number of carbonyl (C=O) groups excluding carboxylic acids is 1. The van der Waals surface area contributed by atoms with Crippen molar-refractivity contribution < 1.29 is 18.0 Å². The minimum absolute atomic E-state index is 0.120. The van der Waals surface area contributed by atoms with Crippen LogP contribution in [0.4, 0.5) is 13.2 Å². The van der Waals surface area contributed by atoms with Crippen molar-refractivity contribution in [1.29, 1.82) is 0 Å². The predicted octanol–water partition coefficient (Wildman–Crippen LogP) is 3.29. The van der Waals surface area contributed by atoms with Crippen LogP contribution in [-0.4, -0.2) is 46.2 Å². The number of pyridine rings is 1. The summed E-state index contributed by atoms with van der Waals surface area (Å²) in [6, 6.07) is 2.56. The van der Waals surface area contributed by atoms with Crippen molar-refractivity contribution in [2.45, 2.75) is 68.5 Å². The number of likely N-dealkylation sites (tertiary alicyclic amines) is 1. The van der Waals surface area contributed by atoms with Crippen LogP contribution in [0.1, 0.15) is 55.5 Å². The van der Waals surface area contributed by atoms with Gasteiger partial charge < -0.3 is 5.32 Å². The third-order valence-electron chi connectivity index (χ3n) is 6.19. The van der Waals surface area contributed by atoms with Gasteiger partial charge in [0, 0.05) is 17.3 Å². The minimum Gasteiger partial charge on any atom is -0.317 e. The minimum atomic E-state index is -4.52. The Kier molecular flexibility index (Phi) is 6.09. The third-order valence-corrected chi connectivity index (χ3v) is 7.34. The summed E-state index contributed by atoms with van der Waals surface area (Å²) in [4.78, 5) is 18.6. The SMILES string of the molecule is O=C(Cc1nc(C(F)(F)F)ccc1CN1CCCC12CCNCC2)NSC1CC1. The zero-order valence-corrected chi connectivity index (χ0v) is 17.2. The highest BCUT2D eigenvalue weighted by Crippen LogP contribution is 2.38. The maximum Gasteiger partial charge on any atom is 0.433 e. The molecule has 0 unspecified atom stereocenters. The van der Waals surface area contributed by atoms with E-state index in [-0.39, 0.29) is 23.6 Å². The number of aromatic nitrogens is 1. The van der Waals surface area contributed by atoms with Crippen molar-refractivity contribution >= 4 is 17.9 Å². The van der Waals surface area contributed by atoms with Crippen LogP contribution in [0.3, 0.4) is 0 Å². The van der Waals surface area contributed by atoms with Gasteiger partial charge in [0.25, 0.3) is 0 Å². The molecule has 160 valence electrons. The number of carbonyl (C=O) groups is 1. The van der Waals surface area contributed by atoms with E-state index in [4.69, 9.17) is 0 Å². The Morgan fingerprint density at radius 3 is 2.72 bits per heavy atom. The van der Waals surface area contributed by atoms with Gasteiger partial charge >= 0.3 is 6.18 Å². The zero-order chi connectivity index (χ0) is 20.5. The van der Waals surface area contributed by atoms with Gasteiger partial charge in [-0.3, -0.25) is 14.4 Å². The molecule has 3 heterocycles. The smallest absolute Gasteiger partial charge is 0.317 e. The number of hydrogen-bond acceptors (Lipinski definition) is 5. The Labute approximate surface area is 173 Å². The first kappa shape index (κ1) is 20.9. The fraction of sp³-hybridized carbons (Fsp3) is 0.700. The van der Waals surface area contributed by atoms with Crippen LogP contribution in [-0.2, 0) is 23.9 Å². The monoisotopic (exact) mass is 428 g/mol. The van der Waals surface area contributed by atoms with Gasteiger partial charge in [0.15, 0.2) is 0 Å². The van der Waals surface area contributed by atoms with E-state index in [0.29, 0.717) is 11.8 Å². The normalized spacial score (nSPS) is 22.2. The average molecular weight is 429 g/mol. The lowest BCUT2D eigenvalue weighted by Gasteiger charge is -2.42. The van der Waals surface area contributed by atoms with Crippen LogP contribution in [0.5, 0.6) is 0 Å². The molecule has 1 amide bonds. The fourth-order valence-electron chi connectivity index (χ4n) is 4.41. The lowest BCUT2D eigenvalue weighted by atomic mass is 9.85. The van der Waals surface area contributed by atoms with Gasteiger partial charge in [-0.2, -0.15) is 13.2 Å². The van der Waals surface area contributed by atoms with E-state index in [1.54, 1.807) is 0 Å². The molecule has 0 radical (unpaired) electrons. The Bertz CT molecular complexity index is 748. The van der Waals surface area contributed by atoms with Crippen LogP contribution in [0, 0.1) is 0 Å². The molecule has 1 aliphatic carbocycles. The van der Waals surface area contributed by atoms with Gasteiger partial charge in [0.2, 0.25) is 5.91 Å². The molecular formula is C20H27F3N4OS. The van der Waals surface area contributed by atoms with Crippen LogP contribution in [0.15, 0.2) is 12.1 Å². The molecule has 5 nitrogen and oxygen atoms in total.